The van der Waals surface area contributed by atoms with Gasteiger partial charge in [0.1, 0.15) is 30.0 Å². The molecule has 2 saturated heterocycles. The van der Waals surface area contributed by atoms with Crippen LogP contribution >= 0.6 is 0 Å². The van der Waals surface area contributed by atoms with E-state index in [0.29, 0.717) is 57.2 Å². The van der Waals surface area contributed by atoms with Crippen molar-refractivity contribution in [1.82, 2.24) is 25.4 Å². The fraction of sp³-hybridized carbons (Fsp3) is 0.618. The van der Waals surface area contributed by atoms with Gasteiger partial charge in [0.2, 0.25) is 23.6 Å². The number of para-hydroxylation sites is 1. The van der Waals surface area contributed by atoms with Crippen LogP contribution in [-0.2, 0) is 30.5 Å². The number of carbonyl (C=O) groups excluding carboxylic acids is 5. The quantitative estimate of drug-likeness (QED) is 0.331. The van der Waals surface area contributed by atoms with E-state index >= 15 is 0 Å². The van der Waals surface area contributed by atoms with Crippen molar-refractivity contribution in [3.63, 3.8) is 0 Å². The van der Waals surface area contributed by atoms with E-state index in [2.05, 4.69) is 16.0 Å². The fourth-order valence-corrected chi connectivity index (χ4v) is 6.42. The summed E-state index contributed by atoms with van der Waals surface area (Å²) in [6.07, 6.45) is 8.08. The Labute approximate surface area is 260 Å². The van der Waals surface area contributed by atoms with E-state index in [1.165, 1.54) is 0 Å². The van der Waals surface area contributed by atoms with Gasteiger partial charge in [0.15, 0.2) is 0 Å². The first-order valence-corrected chi connectivity index (χ1v) is 16.5. The minimum Gasteiger partial charge on any atom is -0.347 e. The molecule has 4 amide bonds. The largest absolute Gasteiger partial charge is 0.347 e. The number of amides is 4. The van der Waals surface area contributed by atoms with Crippen LogP contribution in [0, 0.1) is 5.92 Å². The van der Waals surface area contributed by atoms with Crippen molar-refractivity contribution >= 4 is 40.3 Å². The SMILES string of the molecule is CCC(=O)CCCCC[C@@H]1NC(=O)[C@H]2CCCCN2C(=O)C(C(C)CC)NC(=O)[C@H](c2cn(CC)c3ccccc23)NC1=O. The molecular weight excluding hydrogens is 558 g/mol. The Morgan fingerprint density at radius 3 is 2.43 bits per heavy atom. The van der Waals surface area contributed by atoms with Crippen LogP contribution in [0.1, 0.15) is 104 Å². The average molecular weight is 608 g/mol. The summed E-state index contributed by atoms with van der Waals surface area (Å²) in [4.78, 5) is 69.4. The number of nitrogens with zero attached hydrogens (tertiary/aromatic N) is 2. The smallest absolute Gasteiger partial charge is 0.247 e. The average Bonchev–Trinajstić information content (AvgIpc) is 3.42. The molecule has 240 valence electrons. The van der Waals surface area contributed by atoms with Gasteiger partial charge in [-0.05, 0) is 51.0 Å². The van der Waals surface area contributed by atoms with Crippen molar-refractivity contribution in [2.45, 2.75) is 123 Å². The number of rotatable bonds is 11. The third-order valence-electron chi connectivity index (χ3n) is 9.36. The summed E-state index contributed by atoms with van der Waals surface area (Å²) < 4.78 is 2.03. The highest BCUT2D eigenvalue weighted by atomic mass is 16.2. The molecule has 2 aliphatic heterocycles. The van der Waals surface area contributed by atoms with Crippen molar-refractivity contribution in [3.8, 4) is 0 Å². The van der Waals surface area contributed by atoms with E-state index in [1.54, 1.807) is 4.90 Å². The molecule has 3 N–H and O–H groups in total. The lowest BCUT2D eigenvalue weighted by Gasteiger charge is -2.39. The molecule has 2 fully saturated rings. The zero-order valence-electron chi connectivity index (χ0n) is 26.7. The summed E-state index contributed by atoms with van der Waals surface area (Å²) in [5.74, 6) is -1.46. The van der Waals surface area contributed by atoms with Gasteiger partial charge >= 0.3 is 0 Å². The third kappa shape index (κ3) is 7.50. The number of fused-ring (bicyclic) bond motifs is 2. The van der Waals surface area contributed by atoms with Crippen LogP contribution < -0.4 is 16.0 Å². The molecule has 2 unspecified atom stereocenters. The Kier molecular flexibility index (Phi) is 11.6. The van der Waals surface area contributed by atoms with Crippen LogP contribution in [0.15, 0.2) is 30.5 Å². The second-order valence-corrected chi connectivity index (χ2v) is 12.3. The molecule has 10 heteroatoms. The topological polar surface area (TPSA) is 130 Å². The molecule has 0 radical (unpaired) electrons. The highest BCUT2D eigenvalue weighted by Crippen LogP contribution is 2.29. The van der Waals surface area contributed by atoms with Gasteiger partial charge in [0, 0.05) is 48.6 Å². The monoisotopic (exact) mass is 607 g/mol. The number of Topliss-reactive ketones (excluding diaryl/α,β-unsaturated/α-hetero) is 1. The summed E-state index contributed by atoms with van der Waals surface area (Å²) in [7, 11) is 0. The number of aromatic nitrogens is 1. The van der Waals surface area contributed by atoms with E-state index in [1.807, 2.05) is 62.7 Å². The lowest BCUT2D eigenvalue weighted by atomic mass is 9.93. The molecule has 1 aromatic heterocycles. The van der Waals surface area contributed by atoms with E-state index < -0.39 is 36.0 Å². The Bertz CT molecular complexity index is 1350. The first-order valence-electron chi connectivity index (χ1n) is 16.5. The number of hydrogen-bond acceptors (Lipinski definition) is 5. The zero-order valence-corrected chi connectivity index (χ0v) is 26.7. The zero-order chi connectivity index (χ0) is 31.8. The van der Waals surface area contributed by atoms with Crippen molar-refractivity contribution in [2.75, 3.05) is 6.54 Å². The number of ketones is 1. The number of carbonyl (C=O) groups is 5. The van der Waals surface area contributed by atoms with Gasteiger partial charge in [-0.3, -0.25) is 24.0 Å². The van der Waals surface area contributed by atoms with Crippen LogP contribution in [0.25, 0.3) is 10.9 Å². The van der Waals surface area contributed by atoms with Crippen molar-refractivity contribution < 1.29 is 24.0 Å². The second-order valence-electron chi connectivity index (χ2n) is 12.3. The molecule has 2 aromatic rings. The predicted molar refractivity (Wildman–Crippen MR) is 170 cm³/mol. The van der Waals surface area contributed by atoms with E-state index in [4.69, 9.17) is 0 Å². The standard InChI is InChI=1S/C34H49N5O5/c1-5-22(4)29-34(44)39-20-14-13-19-28(39)32(42)35-26(17-10-8-9-15-23(40)6-2)31(41)37-30(33(43)36-29)25-21-38(7-3)27-18-12-11-16-24(25)27/h11-12,16,18,21-22,26,28-30H,5-10,13-15,17,19-20H2,1-4H3,(H,35,42)(H,36,43)(H,37,41)/t22?,26-,28+,29?,30-/m0/s1. The number of hydrogen-bond donors (Lipinski definition) is 3. The maximum Gasteiger partial charge on any atom is 0.247 e. The Hall–Kier alpha value is -3.69. The van der Waals surface area contributed by atoms with Crippen LogP contribution in [0.3, 0.4) is 0 Å². The van der Waals surface area contributed by atoms with Gasteiger partial charge in [-0.15, -0.1) is 0 Å². The van der Waals surface area contributed by atoms with Crippen LogP contribution in [0.5, 0.6) is 0 Å². The molecule has 2 aliphatic rings. The second kappa shape index (κ2) is 15.3. The molecule has 5 atom stereocenters. The number of aryl methyl sites for hydroxylation is 1. The van der Waals surface area contributed by atoms with Crippen molar-refractivity contribution in [3.05, 3.63) is 36.0 Å². The molecule has 4 rings (SSSR count). The molecular formula is C34H49N5O5. The van der Waals surface area contributed by atoms with Gasteiger partial charge in [-0.25, -0.2) is 0 Å². The summed E-state index contributed by atoms with van der Waals surface area (Å²) in [6.45, 7) is 8.86. The van der Waals surface area contributed by atoms with Crippen molar-refractivity contribution in [1.29, 1.82) is 0 Å². The van der Waals surface area contributed by atoms with E-state index in [9.17, 15) is 24.0 Å². The minimum atomic E-state index is -1.07. The summed E-state index contributed by atoms with van der Waals surface area (Å²) in [5.41, 5.74) is 1.58. The lowest BCUT2D eigenvalue weighted by Crippen LogP contribution is -2.62. The van der Waals surface area contributed by atoms with Crippen LogP contribution in [0.4, 0.5) is 0 Å². The van der Waals surface area contributed by atoms with Crippen LogP contribution in [-0.4, -0.2) is 63.5 Å². The number of nitrogens with one attached hydrogen (secondary N) is 3. The highest BCUT2D eigenvalue weighted by molar-refractivity contribution is 6.00. The Morgan fingerprint density at radius 2 is 1.70 bits per heavy atom. The van der Waals surface area contributed by atoms with Gasteiger partial charge in [-0.2, -0.15) is 0 Å². The third-order valence-corrected chi connectivity index (χ3v) is 9.36. The molecule has 10 nitrogen and oxygen atoms in total. The molecule has 0 aliphatic carbocycles. The summed E-state index contributed by atoms with van der Waals surface area (Å²) in [6, 6.07) is 4.25. The highest BCUT2D eigenvalue weighted by Gasteiger charge is 2.41. The van der Waals surface area contributed by atoms with Crippen LogP contribution in [0.2, 0.25) is 0 Å². The molecule has 44 heavy (non-hydrogen) atoms. The van der Waals surface area contributed by atoms with Gasteiger partial charge in [0.25, 0.3) is 0 Å². The molecule has 0 saturated carbocycles. The Morgan fingerprint density at radius 1 is 0.932 bits per heavy atom. The van der Waals surface area contributed by atoms with Gasteiger partial charge < -0.3 is 25.4 Å². The molecule has 0 bridgehead atoms. The number of benzene rings is 1. The fourth-order valence-electron chi connectivity index (χ4n) is 6.42. The minimum absolute atomic E-state index is 0.180. The van der Waals surface area contributed by atoms with Gasteiger partial charge in [0.05, 0.1) is 0 Å². The predicted octanol–water partition coefficient (Wildman–Crippen LogP) is 4.16. The maximum atomic E-state index is 14.2. The Balaban J connectivity index is 1.72. The first-order chi connectivity index (χ1) is 21.2. The summed E-state index contributed by atoms with van der Waals surface area (Å²) >= 11 is 0. The summed E-state index contributed by atoms with van der Waals surface area (Å²) in [5, 5.41) is 9.80. The molecule has 0 spiro atoms. The van der Waals surface area contributed by atoms with E-state index in [-0.39, 0.29) is 23.5 Å². The van der Waals surface area contributed by atoms with E-state index in [0.717, 1.165) is 36.6 Å². The van der Waals surface area contributed by atoms with Gasteiger partial charge in [-0.1, -0.05) is 58.2 Å². The van der Waals surface area contributed by atoms with Crippen molar-refractivity contribution in [2.24, 2.45) is 5.92 Å². The first kappa shape index (κ1) is 33.2. The lowest BCUT2D eigenvalue weighted by molar-refractivity contribution is -0.147. The molecule has 1 aromatic carbocycles. The molecule has 3 heterocycles. The maximum absolute atomic E-state index is 14.2. The number of piperidine rings is 1. The normalized spacial score (nSPS) is 24.0. The number of unbranched alkanes of at least 4 members (excludes halogenated alkanes) is 2.